The van der Waals surface area contributed by atoms with Crippen molar-refractivity contribution in [1.82, 2.24) is 0 Å². The van der Waals surface area contributed by atoms with Crippen molar-refractivity contribution in [3.05, 3.63) is 23.8 Å². The van der Waals surface area contributed by atoms with E-state index in [-0.39, 0.29) is 18.1 Å². The van der Waals surface area contributed by atoms with E-state index in [0.717, 1.165) is 0 Å². The van der Waals surface area contributed by atoms with Crippen molar-refractivity contribution in [2.75, 3.05) is 6.61 Å². The van der Waals surface area contributed by atoms with E-state index >= 15 is 4.39 Å². The molecule has 8 unspecified atom stereocenters. The number of carbonyl (C=O) groups excluding carboxylic acids is 2. The SMILES string of the molecule is CC1CC2C3CCC4=CC(=O)C=CC4(C)C3(F)C(O)CC2(C)C1(O)C(=O)C[OH2+]. The van der Waals surface area contributed by atoms with Crippen LogP contribution in [0, 0.1) is 28.6 Å². The van der Waals surface area contributed by atoms with Crippen LogP contribution < -0.4 is 0 Å². The van der Waals surface area contributed by atoms with Gasteiger partial charge in [0.15, 0.2) is 11.5 Å². The minimum Gasteiger partial charge on any atom is -0.440 e. The lowest BCUT2D eigenvalue weighted by Gasteiger charge is -2.62. The average molecular weight is 393 g/mol. The number of aliphatic hydroxyl groups is 2. The highest BCUT2D eigenvalue weighted by Gasteiger charge is 2.75. The molecule has 154 valence electrons. The van der Waals surface area contributed by atoms with Crippen LogP contribution in [0.4, 0.5) is 4.39 Å². The molecule has 6 heteroatoms. The predicted octanol–water partition coefficient (Wildman–Crippen LogP) is 1.63. The third-order valence-electron chi connectivity index (χ3n) is 8.81. The molecule has 0 amide bonds. The fourth-order valence-corrected chi connectivity index (χ4v) is 7.28. The Kier molecular flexibility index (Phi) is 4.15. The van der Waals surface area contributed by atoms with Gasteiger partial charge < -0.3 is 15.3 Å². The van der Waals surface area contributed by atoms with Crippen LogP contribution in [0.15, 0.2) is 23.8 Å². The lowest BCUT2D eigenvalue weighted by molar-refractivity contribution is -0.219. The molecule has 0 aromatic rings. The Labute approximate surface area is 164 Å². The second-order valence-corrected chi connectivity index (χ2v) is 9.77. The first-order valence-corrected chi connectivity index (χ1v) is 10.2. The Morgan fingerprint density at radius 1 is 1.36 bits per heavy atom. The summed E-state index contributed by atoms with van der Waals surface area (Å²) in [5.74, 6) is -1.91. The van der Waals surface area contributed by atoms with E-state index in [4.69, 9.17) is 5.11 Å². The van der Waals surface area contributed by atoms with Gasteiger partial charge in [0.1, 0.15) is 5.60 Å². The molecule has 0 aromatic heterocycles. The number of Topliss-reactive ketones (excluding diaryl/α,β-unsaturated/α-hetero) is 1. The zero-order chi connectivity index (χ0) is 20.7. The summed E-state index contributed by atoms with van der Waals surface area (Å²) in [5.41, 5.74) is -5.03. The lowest BCUT2D eigenvalue weighted by Crippen LogP contribution is -2.69. The highest BCUT2D eigenvalue weighted by molar-refractivity contribution is 6.01. The normalized spacial score (nSPS) is 52.5. The van der Waals surface area contributed by atoms with Crippen LogP contribution in [-0.4, -0.2) is 50.9 Å². The third-order valence-corrected chi connectivity index (χ3v) is 8.81. The highest BCUT2D eigenvalue weighted by atomic mass is 19.1. The smallest absolute Gasteiger partial charge is 0.239 e. The Balaban J connectivity index is 1.84. The number of rotatable bonds is 2. The van der Waals surface area contributed by atoms with Gasteiger partial charge >= 0.3 is 0 Å². The van der Waals surface area contributed by atoms with Crippen LogP contribution in [0.5, 0.6) is 0 Å². The molecular formula is C22H30FO5+. The summed E-state index contributed by atoms with van der Waals surface area (Å²) in [6.45, 7) is 4.80. The number of aliphatic hydroxyl groups excluding tert-OH is 1. The van der Waals surface area contributed by atoms with E-state index in [1.807, 2.05) is 0 Å². The van der Waals surface area contributed by atoms with Crippen LogP contribution in [-0.2, 0) is 9.59 Å². The number of hydrogen-bond donors (Lipinski definition) is 2. The first-order chi connectivity index (χ1) is 13.0. The van der Waals surface area contributed by atoms with Gasteiger partial charge in [-0.05, 0) is 56.6 Å². The first-order valence-electron chi connectivity index (χ1n) is 10.2. The molecule has 0 radical (unpaired) electrons. The Morgan fingerprint density at radius 3 is 2.68 bits per heavy atom. The van der Waals surface area contributed by atoms with Crippen LogP contribution in [0.3, 0.4) is 0 Å². The summed E-state index contributed by atoms with van der Waals surface area (Å²) in [5, 5.41) is 30.1. The number of fused-ring (bicyclic) bond motifs is 5. The number of halogens is 1. The first kappa shape index (κ1) is 19.9. The van der Waals surface area contributed by atoms with E-state index in [1.54, 1.807) is 26.8 Å². The molecule has 0 aromatic carbocycles. The second kappa shape index (κ2) is 5.83. The number of hydrogen-bond acceptors (Lipinski definition) is 4. The van der Waals surface area contributed by atoms with Gasteiger partial charge in [0.05, 0.1) is 6.10 Å². The zero-order valence-electron chi connectivity index (χ0n) is 16.7. The molecule has 3 saturated carbocycles. The van der Waals surface area contributed by atoms with Gasteiger partial charge in [-0.1, -0.05) is 25.5 Å². The molecule has 0 heterocycles. The van der Waals surface area contributed by atoms with Crippen molar-refractivity contribution in [3.8, 4) is 0 Å². The van der Waals surface area contributed by atoms with Crippen LogP contribution in [0.1, 0.15) is 46.5 Å². The minimum atomic E-state index is -1.96. The summed E-state index contributed by atoms with van der Waals surface area (Å²) >= 11 is 0. The quantitative estimate of drug-likeness (QED) is 0.697. The standard InChI is InChI=1S/C22H29FO5/c1-12-8-16-15-5-4-13-9-14(25)6-7-19(13,2)21(15,23)17(26)10-20(16,3)22(12,28)18(27)11-24/h6-7,9,12,15-17,24,26,28H,4-5,8,10-11H2,1-3H3/p+1. The molecule has 28 heavy (non-hydrogen) atoms. The highest BCUT2D eigenvalue weighted by Crippen LogP contribution is 2.70. The van der Waals surface area contributed by atoms with Gasteiger partial charge in [-0.2, -0.15) is 0 Å². The molecule has 3 fully saturated rings. The largest absolute Gasteiger partial charge is 0.440 e. The summed E-state index contributed by atoms with van der Waals surface area (Å²) < 4.78 is 16.9. The molecule has 4 rings (SSSR count). The Morgan fingerprint density at radius 2 is 2.04 bits per heavy atom. The molecule has 0 bridgehead atoms. The van der Waals surface area contributed by atoms with Gasteiger partial charge in [-0.25, -0.2) is 4.39 Å². The number of alkyl halides is 1. The molecule has 0 aliphatic heterocycles. The molecular weight excluding hydrogens is 363 g/mol. The van der Waals surface area contributed by atoms with Crippen molar-refractivity contribution >= 4 is 11.6 Å². The summed E-state index contributed by atoms with van der Waals surface area (Å²) in [6.07, 6.45) is 4.57. The van der Waals surface area contributed by atoms with E-state index in [9.17, 15) is 19.8 Å². The summed E-state index contributed by atoms with van der Waals surface area (Å²) in [7, 11) is 0. The third kappa shape index (κ3) is 2.01. The monoisotopic (exact) mass is 393 g/mol. The maximum absolute atomic E-state index is 16.9. The summed E-state index contributed by atoms with van der Waals surface area (Å²) in [6, 6.07) is 0. The second-order valence-electron chi connectivity index (χ2n) is 9.77. The van der Waals surface area contributed by atoms with Crippen molar-refractivity contribution in [3.63, 3.8) is 0 Å². The van der Waals surface area contributed by atoms with Crippen molar-refractivity contribution in [1.29, 1.82) is 0 Å². The van der Waals surface area contributed by atoms with E-state index in [0.29, 0.717) is 24.8 Å². The fourth-order valence-electron chi connectivity index (χ4n) is 7.28. The van der Waals surface area contributed by atoms with Crippen LogP contribution in [0.25, 0.3) is 0 Å². The molecule has 4 aliphatic rings. The molecule has 4 aliphatic carbocycles. The summed E-state index contributed by atoms with van der Waals surface area (Å²) in [4.78, 5) is 24.4. The molecule has 8 atom stereocenters. The fraction of sp³-hybridized carbons (Fsp3) is 0.727. The molecule has 4 N–H and O–H groups in total. The lowest BCUT2D eigenvalue weighted by atomic mass is 9.44. The minimum absolute atomic E-state index is 0.0398. The topological polar surface area (TPSA) is 97.5 Å². The molecule has 0 spiro atoms. The van der Waals surface area contributed by atoms with Gasteiger partial charge in [-0.3, -0.25) is 9.59 Å². The van der Waals surface area contributed by atoms with E-state index in [2.05, 4.69) is 0 Å². The van der Waals surface area contributed by atoms with Gasteiger partial charge in [0, 0.05) is 16.7 Å². The van der Waals surface area contributed by atoms with Gasteiger partial charge in [-0.15, -0.1) is 0 Å². The maximum atomic E-state index is 16.9. The molecule has 5 nitrogen and oxygen atoms in total. The number of carbonyl (C=O) groups is 2. The van der Waals surface area contributed by atoms with Crippen molar-refractivity contribution in [2.45, 2.75) is 63.8 Å². The Bertz CT molecular complexity index is 805. The van der Waals surface area contributed by atoms with Gasteiger partial charge in [0.2, 0.25) is 12.4 Å². The van der Waals surface area contributed by atoms with Crippen LogP contribution in [0.2, 0.25) is 0 Å². The van der Waals surface area contributed by atoms with Gasteiger partial charge in [0.25, 0.3) is 0 Å². The molecule has 0 saturated heterocycles. The number of allylic oxidation sites excluding steroid dienone is 4. The predicted molar refractivity (Wildman–Crippen MR) is 101 cm³/mol. The van der Waals surface area contributed by atoms with Crippen LogP contribution >= 0.6 is 0 Å². The Hall–Kier alpha value is -1.37. The number of ketones is 2. The van der Waals surface area contributed by atoms with Crippen molar-refractivity contribution in [2.24, 2.45) is 28.6 Å². The maximum Gasteiger partial charge on any atom is 0.239 e. The zero-order valence-corrected chi connectivity index (χ0v) is 16.7. The van der Waals surface area contributed by atoms with E-state index < -0.39 is 52.4 Å². The van der Waals surface area contributed by atoms with E-state index in [1.165, 1.54) is 12.2 Å². The van der Waals surface area contributed by atoms with Crippen molar-refractivity contribution < 1.29 is 29.3 Å². The average Bonchev–Trinajstić information content (AvgIpc) is 2.84.